The first-order valence-electron chi connectivity index (χ1n) is 12.4. The molecule has 0 atom stereocenters. The third kappa shape index (κ3) is 6.63. The van der Waals surface area contributed by atoms with Gasteiger partial charge >= 0.3 is 5.97 Å². The molecule has 3 aromatic carbocycles. The van der Waals surface area contributed by atoms with Gasteiger partial charge in [-0.15, -0.1) is 0 Å². The van der Waals surface area contributed by atoms with Crippen LogP contribution in [0.4, 0.5) is 27.9 Å². The van der Waals surface area contributed by atoms with Crippen molar-refractivity contribution in [1.29, 1.82) is 0 Å². The van der Waals surface area contributed by atoms with Crippen LogP contribution >= 0.6 is 0 Å². The summed E-state index contributed by atoms with van der Waals surface area (Å²) >= 11 is 0. The Balaban J connectivity index is 1.30. The molecule has 198 valence electrons. The van der Waals surface area contributed by atoms with Crippen LogP contribution in [0, 0.1) is 5.82 Å². The number of hydrazone groups is 1. The van der Waals surface area contributed by atoms with Gasteiger partial charge in [0.2, 0.25) is 17.8 Å². The maximum Gasteiger partial charge on any atom is 0.343 e. The lowest BCUT2D eigenvalue weighted by molar-refractivity contribution is 0.0729. The van der Waals surface area contributed by atoms with Crippen LogP contribution in [-0.4, -0.2) is 47.3 Å². The molecule has 4 aromatic rings. The van der Waals surface area contributed by atoms with Gasteiger partial charge in [0.1, 0.15) is 5.82 Å². The summed E-state index contributed by atoms with van der Waals surface area (Å²) in [6.07, 6.45) is 3.74. The van der Waals surface area contributed by atoms with E-state index in [4.69, 9.17) is 9.47 Å². The highest BCUT2D eigenvalue weighted by atomic mass is 19.1. The second-order valence-electron chi connectivity index (χ2n) is 8.64. The third-order valence-corrected chi connectivity index (χ3v) is 5.89. The average molecular weight is 528 g/mol. The van der Waals surface area contributed by atoms with Crippen molar-refractivity contribution in [2.24, 2.45) is 5.10 Å². The number of para-hydroxylation sites is 1. The highest BCUT2D eigenvalue weighted by Crippen LogP contribution is 2.28. The minimum Gasteiger partial charge on any atom is -0.493 e. The Hall–Kier alpha value is -5.06. The maximum atomic E-state index is 13.1. The largest absolute Gasteiger partial charge is 0.493 e. The first kappa shape index (κ1) is 25.6. The molecule has 0 aliphatic carbocycles. The molecule has 2 N–H and O–H groups in total. The number of nitrogens with one attached hydrogen (secondary N) is 2. The molecular weight excluding hydrogens is 501 g/mol. The highest BCUT2D eigenvalue weighted by molar-refractivity contribution is 5.91. The van der Waals surface area contributed by atoms with Crippen LogP contribution in [0.1, 0.15) is 28.8 Å². The van der Waals surface area contributed by atoms with E-state index in [1.165, 1.54) is 31.4 Å². The number of benzene rings is 3. The Kier molecular flexibility index (Phi) is 7.87. The van der Waals surface area contributed by atoms with Gasteiger partial charge in [0, 0.05) is 18.8 Å². The molecule has 1 fully saturated rings. The van der Waals surface area contributed by atoms with Crippen molar-refractivity contribution in [3.05, 3.63) is 89.7 Å². The first-order chi connectivity index (χ1) is 19.1. The molecule has 1 aliphatic heterocycles. The van der Waals surface area contributed by atoms with Crippen molar-refractivity contribution in [2.45, 2.75) is 12.8 Å². The number of halogens is 1. The molecule has 1 aliphatic rings. The molecule has 5 rings (SSSR count). The second kappa shape index (κ2) is 12.0. The van der Waals surface area contributed by atoms with E-state index in [9.17, 15) is 9.18 Å². The molecule has 1 aromatic heterocycles. The van der Waals surface area contributed by atoms with E-state index in [0.29, 0.717) is 29.2 Å². The van der Waals surface area contributed by atoms with Gasteiger partial charge in [0.15, 0.2) is 11.5 Å². The van der Waals surface area contributed by atoms with Crippen LogP contribution in [0.3, 0.4) is 0 Å². The molecule has 0 amide bonds. The third-order valence-electron chi connectivity index (χ3n) is 5.89. The van der Waals surface area contributed by atoms with Crippen molar-refractivity contribution in [1.82, 2.24) is 15.0 Å². The summed E-state index contributed by atoms with van der Waals surface area (Å²) in [5.41, 5.74) is 4.64. The lowest BCUT2D eigenvalue weighted by Gasteiger charge is -2.16. The van der Waals surface area contributed by atoms with Crippen LogP contribution in [0.15, 0.2) is 77.9 Å². The van der Waals surface area contributed by atoms with Crippen LogP contribution in [0.2, 0.25) is 0 Å². The Morgan fingerprint density at radius 3 is 2.44 bits per heavy atom. The van der Waals surface area contributed by atoms with E-state index >= 15 is 0 Å². The fourth-order valence-corrected chi connectivity index (χ4v) is 3.94. The Bertz CT molecular complexity index is 1460. The van der Waals surface area contributed by atoms with E-state index in [1.54, 1.807) is 24.4 Å². The van der Waals surface area contributed by atoms with E-state index in [0.717, 1.165) is 31.6 Å². The quantitative estimate of drug-likeness (QED) is 0.134. The first-order valence-corrected chi connectivity index (χ1v) is 12.4. The summed E-state index contributed by atoms with van der Waals surface area (Å²) in [6.45, 7) is 1.77. The van der Waals surface area contributed by atoms with E-state index in [-0.39, 0.29) is 11.3 Å². The number of carbonyl (C=O) groups is 1. The summed E-state index contributed by atoms with van der Waals surface area (Å²) in [5.74, 6) is 0.770. The molecule has 0 spiro atoms. The molecule has 0 unspecified atom stereocenters. The zero-order valence-electron chi connectivity index (χ0n) is 21.2. The number of hydrogen-bond donors (Lipinski definition) is 2. The summed E-state index contributed by atoms with van der Waals surface area (Å²) in [7, 11) is 1.47. The number of methoxy groups -OCH3 is 1. The number of carbonyl (C=O) groups excluding carboxylic acids is 1. The molecule has 11 heteroatoms. The van der Waals surface area contributed by atoms with Gasteiger partial charge in [0.05, 0.1) is 18.9 Å². The standard InChI is InChI=1S/C28H26FN7O3/c1-38-24-17-19(9-14-23(24)39-25(37)20-10-12-21(29)13-11-20)18-30-35-27-32-26(31-22-7-3-2-4-8-22)33-28(34-27)36-15-5-6-16-36/h2-4,7-14,17-18H,5-6,15-16H2,1H3,(H2,31,32,33,34,35)/b30-18-. The predicted molar refractivity (Wildman–Crippen MR) is 147 cm³/mol. The number of esters is 1. The Morgan fingerprint density at radius 2 is 1.69 bits per heavy atom. The highest BCUT2D eigenvalue weighted by Gasteiger charge is 2.18. The van der Waals surface area contributed by atoms with Crippen molar-refractivity contribution >= 4 is 35.7 Å². The zero-order valence-corrected chi connectivity index (χ0v) is 21.2. The van der Waals surface area contributed by atoms with Gasteiger partial charge in [-0.05, 0) is 73.0 Å². The van der Waals surface area contributed by atoms with Crippen LogP contribution in [0.5, 0.6) is 11.5 Å². The smallest absolute Gasteiger partial charge is 0.343 e. The van der Waals surface area contributed by atoms with Crippen molar-refractivity contribution in [3.63, 3.8) is 0 Å². The van der Waals surface area contributed by atoms with Crippen LogP contribution < -0.4 is 25.1 Å². The normalized spacial score (nSPS) is 12.9. The number of aromatic nitrogens is 3. The van der Waals surface area contributed by atoms with Crippen molar-refractivity contribution in [2.75, 3.05) is 35.8 Å². The Labute approximate surface area is 224 Å². The summed E-state index contributed by atoms with van der Waals surface area (Å²) < 4.78 is 24.0. The average Bonchev–Trinajstić information content (AvgIpc) is 3.50. The number of hydrogen-bond acceptors (Lipinski definition) is 10. The zero-order chi connectivity index (χ0) is 27.0. The number of ether oxygens (including phenoxy) is 2. The molecule has 0 saturated carbocycles. The van der Waals surface area contributed by atoms with Gasteiger partial charge in [0.25, 0.3) is 0 Å². The van der Waals surface area contributed by atoms with Gasteiger partial charge in [-0.25, -0.2) is 14.6 Å². The molecule has 10 nitrogen and oxygen atoms in total. The van der Waals surface area contributed by atoms with Crippen LogP contribution in [0.25, 0.3) is 0 Å². The number of nitrogens with zero attached hydrogens (tertiary/aromatic N) is 5. The molecule has 1 saturated heterocycles. The molecule has 0 bridgehead atoms. The molecular formula is C28H26FN7O3. The molecule has 39 heavy (non-hydrogen) atoms. The Morgan fingerprint density at radius 1 is 0.949 bits per heavy atom. The predicted octanol–water partition coefficient (Wildman–Crippen LogP) is 5.03. The summed E-state index contributed by atoms with van der Waals surface area (Å²) in [5, 5.41) is 7.49. The monoisotopic (exact) mass is 527 g/mol. The fraction of sp³-hybridized carbons (Fsp3) is 0.179. The van der Waals surface area contributed by atoms with Crippen molar-refractivity contribution < 1.29 is 18.7 Å². The summed E-state index contributed by atoms with van der Waals surface area (Å²) in [6, 6.07) is 19.7. The second-order valence-corrected chi connectivity index (χ2v) is 8.64. The fourth-order valence-electron chi connectivity index (χ4n) is 3.94. The van der Waals surface area contributed by atoms with Crippen LogP contribution in [-0.2, 0) is 0 Å². The van der Waals surface area contributed by atoms with E-state index in [2.05, 4.69) is 35.7 Å². The topological polar surface area (TPSA) is 114 Å². The lowest BCUT2D eigenvalue weighted by Crippen LogP contribution is -2.21. The van der Waals surface area contributed by atoms with E-state index < -0.39 is 11.8 Å². The SMILES string of the molecule is COc1cc(/C=N\Nc2nc(Nc3ccccc3)nc(N3CCCC3)n2)ccc1OC(=O)c1ccc(F)cc1. The molecule has 2 heterocycles. The minimum atomic E-state index is -0.625. The maximum absolute atomic E-state index is 13.1. The van der Waals surface area contributed by atoms with Gasteiger partial charge in [-0.3, -0.25) is 0 Å². The number of anilines is 4. The molecule has 0 radical (unpaired) electrons. The van der Waals surface area contributed by atoms with Gasteiger partial charge in [-0.2, -0.15) is 20.1 Å². The lowest BCUT2D eigenvalue weighted by atomic mass is 10.2. The van der Waals surface area contributed by atoms with Gasteiger partial charge < -0.3 is 19.7 Å². The van der Waals surface area contributed by atoms with Crippen molar-refractivity contribution in [3.8, 4) is 11.5 Å². The van der Waals surface area contributed by atoms with Gasteiger partial charge in [-0.1, -0.05) is 18.2 Å². The van der Waals surface area contributed by atoms with E-state index in [1.807, 2.05) is 30.3 Å². The number of rotatable bonds is 9. The summed E-state index contributed by atoms with van der Waals surface area (Å²) in [4.78, 5) is 28.1. The minimum absolute atomic E-state index is 0.222.